The van der Waals surface area contributed by atoms with Gasteiger partial charge in [-0.15, -0.1) is 5.10 Å². The second-order valence-corrected chi connectivity index (χ2v) is 4.46. The number of piperidine rings is 1. The molecule has 0 radical (unpaired) electrons. The Morgan fingerprint density at radius 2 is 2.53 bits per heavy atom. The van der Waals surface area contributed by atoms with Crippen LogP contribution in [0.3, 0.4) is 0 Å². The molecule has 1 atom stereocenters. The summed E-state index contributed by atoms with van der Waals surface area (Å²) in [6.07, 6.45) is 3.67. The Hall–Kier alpha value is -1.90. The van der Waals surface area contributed by atoms with Crippen molar-refractivity contribution in [2.45, 2.75) is 26.3 Å². The van der Waals surface area contributed by atoms with Crippen molar-refractivity contribution in [2.24, 2.45) is 5.92 Å². The van der Waals surface area contributed by atoms with E-state index in [-0.39, 0.29) is 18.3 Å². The summed E-state index contributed by atoms with van der Waals surface area (Å²) in [6.45, 7) is 3.96. The van der Waals surface area contributed by atoms with Gasteiger partial charge in [0.25, 0.3) is 5.82 Å². The van der Waals surface area contributed by atoms with Crippen molar-refractivity contribution in [1.82, 2.24) is 19.7 Å². The van der Waals surface area contributed by atoms with Crippen molar-refractivity contribution >= 4 is 5.91 Å². The Morgan fingerprint density at radius 1 is 1.71 bits per heavy atom. The van der Waals surface area contributed by atoms with Crippen molar-refractivity contribution in [3.8, 4) is 6.07 Å². The molecule has 90 valence electrons. The zero-order valence-electron chi connectivity index (χ0n) is 9.83. The molecule has 1 aliphatic heterocycles. The number of carbonyl (C=O) groups excluding carboxylic acids is 1. The van der Waals surface area contributed by atoms with E-state index in [9.17, 15) is 4.79 Å². The minimum Gasteiger partial charge on any atom is -0.341 e. The summed E-state index contributed by atoms with van der Waals surface area (Å²) in [4.78, 5) is 17.6. The quantitative estimate of drug-likeness (QED) is 0.741. The number of hydrogen-bond acceptors (Lipinski definition) is 4. The first-order chi connectivity index (χ1) is 8.19. The second kappa shape index (κ2) is 4.95. The van der Waals surface area contributed by atoms with Gasteiger partial charge in [-0.05, 0) is 18.8 Å². The summed E-state index contributed by atoms with van der Waals surface area (Å²) in [5.74, 6) is 0.717. The lowest BCUT2D eigenvalue weighted by Gasteiger charge is -2.30. The molecule has 6 heteroatoms. The Balaban J connectivity index is 1.94. The Kier molecular flexibility index (Phi) is 3.38. The van der Waals surface area contributed by atoms with Crippen molar-refractivity contribution in [3.05, 3.63) is 12.2 Å². The molecular formula is C11H15N5O. The van der Waals surface area contributed by atoms with Gasteiger partial charge in [-0.2, -0.15) is 5.26 Å². The van der Waals surface area contributed by atoms with E-state index in [1.165, 1.54) is 17.4 Å². The fourth-order valence-electron chi connectivity index (χ4n) is 2.08. The molecule has 17 heavy (non-hydrogen) atoms. The molecule has 2 heterocycles. The molecule has 1 saturated heterocycles. The Morgan fingerprint density at radius 3 is 3.18 bits per heavy atom. The lowest BCUT2D eigenvalue weighted by molar-refractivity contribution is -0.133. The number of rotatable bonds is 2. The highest BCUT2D eigenvalue weighted by atomic mass is 16.2. The van der Waals surface area contributed by atoms with Gasteiger partial charge in [-0.25, -0.2) is 9.67 Å². The molecule has 2 rings (SSSR count). The monoisotopic (exact) mass is 233 g/mol. The van der Waals surface area contributed by atoms with Gasteiger partial charge in [-0.1, -0.05) is 6.92 Å². The minimum atomic E-state index is 0.0472. The van der Waals surface area contributed by atoms with Gasteiger partial charge in [0, 0.05) is 13.1 Å². The van der Waals surface area contributed by atoms with Crippen LogP contribution in [0.1, 0.15) is 25.6 Å². The van der Waals surface area contributed by atoms with Crippen molar-refractivity contribution in [3.63, 3.8) is 0 Å². The predicted molar refractivity (Wildman–Crippen MR) is 59.7 cm³/mol. The maximum absolute atomic E-state index is 12.0. The summed E-state index contributed by atoms with van der Waals surface area (Å²) in [6, 6.07) is 1.84. The summed E-state index contributed by atoms with van der Waals surface area (Å²) in [5.41, 5.74) is 0. The van der Waals surface area contributed by atoms with E-state index in [0.29, 0.717) is 5.92 Å². The number of hydrogen-bond donors (Lipinski definition) is 0. The maximum Gasteiger partial charge on any atom is 0.252 e. The lowest BCUT2D eigenvalue weighted by atomic mass is 10.0. The SMILES string of the molecule is CC1CCCN(C(=O)Cn2cnc(C#N)n2)C1. The zero-order chi connectivity index (χ0) is 12.3. The van der Waals surface area contributed by atoms with E-state index in [0.717, 1.165) is 19.5 Å². The zero-order valence-corrected chi connectivity index (χ0v) is 9.83. The normalized spacial score (nSPS) is 20.0. The van der Waals surface area contributed by atoms with Gasteiger partial charge in [0.15, 0.2) is 0 Å². The molecule has 0 aromatic carbocycles. The molecule has 0 bridgehead atoms. The minimum absolute atomic E-state index is 0.0472. The number of nitrogens with zero attached hydrogens (tertiary/aromatic N) is 5. The van der Waals surface area contributed by atoms with Gasteiger partial charge in [-0.3, -0.25) is 4.79 Å². The van der Waals surface area contributed by atoms with Crippen LogP contribution in [0.5, 0.6) is 0 Å². The summed E-state index contributed by atoms with van der Waals surface area (Å²) in [5, 5.41) is 12.5. The van der Waals surface area contributed by atoms with Gasteiger partial charge in [0.05, 0.1) is 0 Å². The van der Waals surface area contributed by atoms with Gasteiger partial charge in [0.1, 0.15) is 18.9 Å². The highest BCUT2D eigenvalue weighted by Crippen LogP contribution is 2.15. The maximum atomic E-state index is 12.0. The number of likely N-dealkylation sites (tertiary alicyclic amines) is 1. The first kappa shape index (κ1) is 11.6. The van der Waals surface area contributed by atoms with E-state index in [1.54, 1.807) is 0 Å². The van der Waals surface area contributed by atoms with E-state index < -0.39 is 0 Å². The molecule has 1 aromatic heterocycles. The smallest absolute Gasteiger partial charge is 0.252 e. The van der Waals surface area contributed by atoms with Crippen molar-refractivity contribution in [1.29, 1.82) is 5.26 Å². The molecule has 1 amide bonds. The molecule has 6 nitrogen and oxygen atoms in total. The number of nitriles is 1. The molecule has 1 aromatic rings. The average Bonchev–Trinajstić information content (AvgIpc) is 2.77. The largest absolute Gasteiger partial charge is 0.341 e. The second-order valence-electron chi connectivity index (χ2n) is 4.46. The molecular weight excluding hydrogens is 218 g/mol. The van der Waals surface area contributed by atoms with Gasteiger partial charge in [0.2, 0.25) is 5.91 Å². The molecule has 1 fully saturated rings. The van der Waals surface area contributed by atoms with Crippen LogP contribution in [-0.4, -0.2) is 38.7 Å². The number of carbonyl (C=O) groups is 1. The van der Waals surface area contributed by atoms with Crippen LogP contribution in [0.25, 0.3) is 0 Å². The van der Waals surface area contributed by atoms with Gasteiger partial charge < -0.3 is 4.90 Å². The standard InChI is InChI=1S/C11H15N5O/c1-9-3-2-4-15(6-9)11(17)7-16-8-13-10(5-12)14-16/h8-9H,2-4,6-7H2,1H3. The molecule has 1 aliphatic rings. The molecule has 0 N–H and O–H groups in total. The van der Waals surface area contributed by atoms with E-state index >= 15 is 0 Å². The highest BCUT2D eigenvalue weighted by molar-refractivity contribution is 5.75. The van der Waals surface area contributed by atoms with Crippen LogP contribution < -0.4 is 0 Å². The molecule has 0 saturated carbocycles. The van der Waals surface area contributed by atoms with Crippen LogP contribution in [0.15, 0.2) is 6.33 Å². The van der Waals surface area contributed by atoms with Crippen molar-refractivity contribution in [2.75, 3.05) is 13.1 Å². The van der Waals surface area contributed by atoms with Crippen LogP contribution in [0.2, 0.25) is 0 Å². The summed E-state index contributed by atoms with van der Waals surface area (Å²) in [7, 11) is 0. The molecule has 0 aliphatic carbocycles. The molecule has 0 spiro atoms. The van der Waals surface area contributed by atoms with Crippen LogP contribution in [-0.2, 0) is 11.3 Å². The number of aromatic nitrogens is 3. The topological polar surface area (TPSA) is 74.8 Å². The van der Waals surface area contributed by atoms with E-state index in [1.807, 2.05) is 11.0 Å². The van der Waals surface area contributed by atoms with Gasteiger partial charge >= 0.3 is 0 Å². The number of amides is 1. The summed E-state index contributed by atoms with van der Waals surface area (Å²) >= 11 is 0. The van der Waals surface area contributed by atoms with Crippen LogP contribution >= 0.6 is 0 Å². The average molecular weight is 233 g/mol. The summed E-state index contributed by atoms with van der Waals surface area (Å²) < 4.78 is 1.42. The van der Waals surface area contributed by atoms with E-state index in [2.05, 4.69) is 17.0 Å². The Labute approximate surface area is 99.9 Å². The predicted octanol–water partition coefficient (Wildman–Crippen LogP) is 0.408. The fourth-order valence-corrected chi connectivity index (χ4v) is 2.08. The first-order valence-corrected chi connectivity index (χ1v) is 5.76. The van der Waals surface area contributed by atoms with Crippen LogP contribution in [0.4, 0.5) is 0 Å². The third-order valence-electron chi connectivity index (χ3n) is 2.94. The first-order valence-electron chi connectivity index (χ1n) is 5.76. The fraction of sp³-hybridized carbons (Fsp3) is 0.636. The molecule has 1 unspecified atom stereocenters. The highest BCUT2D eigenvalue weighted by Gasteiger charge is 2.21. The van der Waals surface area contributed by atoms with Crippen molar-refractivity contribution < 1.29 is 4.79 Å². The van der Waals surface area contributed by atoms with Crippen LogP contribution in [0, 0.1) is 17.2 Å². The third-order valence-corrected chi connectivity index (χ3v) is 2.94. The lowest BCUT2D eigenvalue weighted by Crippen LogP contribution is -2.40. The van der Waals surface area contributed by atoms with E-state index in [4.69, 9.17) is 5.26 Å². The third kappa shape index (κ3) is 2.81. The Bertz CT molecular complexity index is 447.